The van der Waals surface area contributed by atoms with E-state index in [-0.39, 0.29) is 11.7 Å². The Labute approximate surface area is 148 Å². The first-order chi connectivity index (χ1) is 11.3. The molecule has 1 N–H and O–H groups in total. The molecule has 1 aromatic rings. The lowest BCUT2D eigenvalue weighted by atomic mass is 10.1. The van der Waals surface area contributed by atoms with E-state index in [2.05, 4.69) is 36.5 Å². The van der Waals surface area contributed by atoms with E-state index in [4.69, 9.17) is 4.74 Å². The minimum atomic E-state index is -0.367. The zero-order chi connectivity index (χ0) is 18.6. The minimum Gasteiger partial charge on any atom is -0.444 e. The van der Waals surface area contributed by atoms with Crippen molar-refractivity contribution in [2.75, 3.05) is 25.5 Å². The number of piperidine rings is 1. The highest BCUT2D eigenvalue weighted by molar-refractivity contribution is 5.68. The maximum absolute atomic E-state index is 11.5. The van der Waals surface area contributed by atoms with Gasteiger partial charge in [-0.2, -0.15) is 0 Å². The van der Waals surface area contributed by atoms with E-state index in [1.54, 1.807) is 4.90 Å². The number of hydrogen-bond donors (Lipinski definition) is 1. The van der Waals surface area contributed by atoms with Crippen molar-refractivity contribution in [2.45, 2.75) is 66.4 Å². The Morgan fingerprint density at radius 3 is 1.96 bits per heavy atom. The fourth-order valence-electron chi connectivity index (χ4n) is 2.12. The van der Waals surface area contributed by atoms with E-state index in [1.165, 1.54) is 17.7 Å². The Bertz CT molecular complexity index is 444. The van der Waals surface area contributed by atoms with E-state index in [0.29, 0.717) is 0 Å². The lowest BCUT2D eigenvalue weighted by molar-refractivity contribution is 0.0216. The molecule has 4 nitrogen and oxygen atoms in total. The van der Waals surface area contributed by atoms with Crippen molar-refractivity contribution >= 4 is 11.8 Å². The number of likely N-dealkylation sites (tertiary alicyclic amines) is 1. The van der Waals surface area contributed by atoms with Crippen LogP contribution in [-0.2, 0) is 4.74 Å². The number of benzene rings is 1. The molecule has 2 rings (SSSR count). The highest BCUT2D eigenvalue weighted by Gasteiger charge is 2.22. The number of ether oxygens (including phenoxy) is 1. The third kappa shape index (κ3) is 10.1. The normalized spacial score (nSPS) is 13.7. The second kappa shape index (κ2) is 11.8. The Balaban J connectivity index is 0.000000420. The Morgan fingerprint density at radius 1 is 1.04 bits per heavy atom. The predicted molar refractivity (Wildman–Crippen MR) is 104 cm³/mol. The maximum Gasteiger partial charge on any atom is 0.410 e. The molecule has 0 aliphatic carbocycles. The van der Waals surface area contributed by atoms with Gasteiger partial charge in [0.1, 0.15) is 5.60 Å². The van der Waals surface area contributed by atoms with E-state index in [0.717, 1.165) is 25.9 Å². The van der Waals surface area contributed by atoms with Gasteiger partial charge < -0.3 is 15.0 Å². The first kappa shape index (κ1) is 22.3. The van der Waals surface area contributed by atoms with Gasteiger partial charge in [0.25, 0.3) is 0 Å². The molecule has 1 amide bonds. The van der Waals surface area contributed by atoms with Crippen molar-refractivity contribution in [3.05, 3.63) is 29.8 Å². The third-order valence-corrected chi connectivity index (χ3v) is 3.35. The summed E-state index contributed by atoms with van der Waals surface area (Å²) in [6.07, 6.45) is 3.30. The van der Waals surface area contributed by atoms with Crippen LogP contribution in [0, 0.1) is 6.92 Å². The number of nitrogens with one attached hydrogen (secondary N) is 1. The van der Waals surface area contributed by atoms with Crippen molar-refractivity contribution in [3.63, 3.8) is 0 Å². The van der Waals surface area contributed by atoms with Gasteiger partial charge in [-0.1, -0.05) is 31.5 Å². The third-order valence-electron chi connectivity index (χ3n) is 3.35. The summed E-state index contributed by atoms with van der Waals surface area (Å²) in [5.74, 6) is 0. The molecule has 1 heterocycles. The molecule has 1 fully saturated rings. The standard InChI is InChI=1S/C10H19NO2.C8H11N.C2H6/c1-10(2,3)13-9(12)11-7-5-4-6-8-11;1-7-3-5-8(9-2)6-4-7;1-2/h4-8H2,1-3H3;3-6,9H,1-2H3;1-2H3. The van der Waals surface area contributed by atoms with Gasteiger partial charge in [0, 0.05) is 25.8 Å². The van der Waals surface area contributed by atoms with Crippen molar-refractivity contribution < 1.29 is 9.53 Å². The average molecular weight is 337 g/mol. The van der Waals surface area contributed by atoms with Crippen LogP contribution in [0.25, 0.3) is 0 Å². The number of rotatable bonds is 1. The molecule has 0 atom stereocenters. The highest BCUT2D eigenvalue weighted by Crippen LogP contribution is 2.14. The van der Waals surface area contributed by atoms with E-state index < -0.39 is 0 Å². The maximum atomic E-state index is 11.5. The average Bonchev–Trinajstić information content (AvgIpc) is 2.57. The van der Waals surface area contributed by atoms with Crippen LogP contribution >= 0.6 is 0 Å². The summed E-state index contributed by atoms with van der Waals surface area (Å²) in [5, 5.41) is 3.05. The zero-order valence-electron chi connectivity index (χ0n) is 16.6. The van der Waals surface area contributed by atoms with Crippen LogP contribution in [0.1, 0.15) is 59.4 Å². The smallest absolute Gasteiger partial charge is 0.410 e. The van der Waals surface area contributed by atoms with Gasteiger partial charge in [0.15, 0.2) is 0 Å². The quantitative estimate of drug-likeness (QED) is 0.739. The van der Waals surface area contributed by atoms with Crippen molar-refractivity contribution in [3.8, 4) is 0 Å². The van der Waals surface area contributed by atoms with Gasteiger partial charge in [0.2, 0.25) is 0 Å². The zero-order valence-corrected chi connectivity index (χ0v) is 16.6. The van der Waals surface area contributed by atoms with Gasteiger partial charge in [0.05, 0.1) is 0 Å². The molecule has 1 aliphatic rings. The first-order valence-corrected chi connectivity index (χ1v) is 9.04. The predicted octanol–water partition coefficient (Wildman–Crippen LogP) is 5.47. The summed E-state index contributed by atoms with van der Waals surface area (Å²) in [6.45, 7) is 13.5. The molecule has 0 aromatic heterocycles. The molecule has 24 heavy (non-hydrogen) atoms. The van der Waals surface area contributed by atoms with E-state index in [9.17, 15) is 4.79 Å². The second-order valence-corrected chi connectivity index (χ2v) is 6.64. The lowest BCUT2D eigenvalue weighted by Crippen LogP contribution is -2.39. The molecule has 138 valence electrons. The fraction of sp³-hybridized carbons (Fsp3) is 0.650. The van der Waals surface area contributed by atoms with Crippen LogP contribution in [0.5, 0.6) is 0 Å². The van der Waals surface area contributed by atoms with Crippen LogP contribution < -0.4 is 5.32 Å². The van der Waals surface area contributed by atoms with Gasteiger partial charge >= 0.3 is 6.09 Å². The molecule has 0 spiro atoms. The van der Waals surface area contributed by atoms with Gasteiger partial charge in [-0.25, -0.2) is 4.79 Å². The van der Waals surface area contributed by atoms with Crippen LogP contribution in [0.2, 0.25) is 0 Å². The fourth-order valence-corrected chi connectivity index (χ4v) is 2.12. The largest absolute Gasteiger partial charge is 0.444 e. The second-order valence-electron chi connectivity index (χ2n) is 6.64. The molecule has 1 aromatic carbocycles. The van der Waals surface area contributed by atoms with Crippen LogP contribution in [0.15, 0.2) is 24.3 Å². The highest BCUT2D eigenvalue weighted by atomic mass is 16.6. The Hall–Kier alpha value is -1.71. The van der Waals surface area contributed by atoms with Gasteiger partial charge in [-0.05, 0) is 59.1 Å². The van der Waals surface area contributed by atoms with Crippen molar-refractivity contribution in [1.82, 2.24) is 4.90 Å². The number of aryl methyl sites for hydroxylation is 1. The summed E-state index contributed by atoms with van der Waals surface area (Å²) >= 11 is 0. The van der Waals surface area contributed by atoms with Crippen LogP contribution in [0.3, 0.4) is 0 Å². The van der Waals surface area contributed by atoms with Gasteiger partial charge in [-0.15, -0.1) is 0 Å². The molecule has 0 saturated carbocycles. The summed E-state index contributed by atoms with van der Waals surface area (Å²) in [5.41, 5.74) is 2.10. The van der Waals surface area contributed by atoms with E-state index >= 15 is 0 Å². The molecule has 1 aliphatic heterocycles. The summed E-state index contributed by atoms with van der Waals surface area (Å²) in [6, 6.07) is 8.31. The van der Waals surface area contributed by atoms with Gasteiger partial charge in [-0.3, -0.25) is 0 Å². The number of amides is 1. The van der Waals surface area contributed by atoms with Crippen LogP contribution in [0.4, 0.5) is 10.5 Å². The molecular formula is C20H36N2O2. The Kier molecular flexibility index (Phi) is 10.9. The molecular weight excluding hydrogens is 300 g/mol. The topological polar surface area (TPSA) is 41.6 Å². The van der Waals surface area contributed by atoms with Crippen molar-refractivity contribution in [2.24, 2.45) is 0 Å². The SMILES string of the molecule is CC.CC(C)(C)OC(=O)N1CCCCC1.CNc1ccc(C)cc1. The molecule has 4 heteroatoms. The summed E-state index contributed by atoms with van der Waals surface area (Å²) < 4.78 is 5.26. The molecule has 0 unspecified atom stereocenters. The summed E-state index contributed by atoms with van der Waals surface area (Å²) in [7, 11) is 1.92. The monoisotopic (exact) mass is 336 g/mol. The lowest BCUT2D eigenvalue weighted by Gasteiger charge is -2.29. The number of carbonyl (C=O) groups is 1. The first-order valence-electron chi connectivity index (χ1n) is 9.04. The Morgan fingerprint density at radius 2 is 1.54 bits per heavy atom. The molecule has 0 radical (unpaired) electrons. The number of nitrogens with zero attached hydrogens (tertiary/aromatic N) is 1. The number of carbonyl (C=O) groups excluding carboxylic acids is 1. The number of anilines is 1. The van der Waals surface area contributed by atoms with Crippen LogP contribution in [-0.4, -0.2) is 36.7 Å². The molecule has 0 bridgehead atoms. The summed E-state index contributed by atoms with van der Waals surface area (Å²) in [4.78, 5) is 13.3. The number of hydrogen-bond acceptors (Lipinski definition) is 3. The van der Waals surface area contributed by atoms with E-state index in [1.807, 2.05) is 41.7 Å². The van der Waals surface area contributed by atoms with Crippen molar-refractivity contribution in [1.29, 1.82) is 0 Å². The molecule has 1 saturated heterocycles. The minimum absolute atomic E-state index is 0.160.